The minimum Gasteiger partial charge on any atom is -0.444 e. The van der Waals surface area contributed by atoms with Crippen LogP contribution in [0.1, 0.15) is 45.6 Å². The van der Waals surface area contributed by atoms with E-state index in [0.29, 0.717) is 6.54 Å². The summed E-state index contributed by atoms with van der Waals surface area (Å²) in [7, 11) is 0. The molecule has 0 aliphatic heterocycles. The lowest BCUT2D eigenvalue weighted by Gasteiger charge is -2.73. The molecule has 3 fully saturated rings. The Bertz CT molecular complexity index is 662. The zero-order valence-corrected chi connectivity index (χ0v) is 15.9. The summed E-state index contributed by atoms with van der Waals surface area (Å²) in [4.78, 5) is 26.4. The Kier molecular flexibility index (Phi) is 4.73. The first-order valence-electron chi connectivity index (χ1n) is 9.23. The van der Waals surface area contributed by atoms with Gasteiger partial charge in [0.25, 0.3) is 0 Å². The molecule has 3 aliphatic rings. The maximum absolute atomic E-state index is 12.4. The predicted molar refractivity (Wildman–Crippen MR) is 99.6 cm³/mol. The van der Waals surface area contributed by atoms with Crippen molar-refractivity contribution in [3.63, 3.8) is 0 Å². The minimum absolute atomic E-state index is 0.0169. The lowest BCUT2D eigenvalue weighted by Crippen LogP contribution is -2.84. The molecule has 4 rings (SSSR count). The summed E-state index contributed by atoms with van der Waals surface area (Å²) in [5.41, 5.74) is 5.96. The molecular weight excluding hydrogens is 330 g/mol. The Hall–Kier alpha value is -2.08. The number of nitrogens with two attached hydrogens (primary N) is 1. The SMILES string of the molecule is CC(C)(C)OC(=O)NC12CC(N(CCc3ccccc3)C(=O)CN)(C1)C2. The molecule has 6 heteroatoms. The highest BCUT2D eigenvalue weighted by molar-refractivity contribution is 5.80. The van der Waals surface area contributed by atoms with Gasteiger partial charge in [-0.25, -0.2) is 4.79 Å². The van der Waals surface area contributed by atoms with Crippen LogP contribution in [0.15, 0.2) is 30.3 Å². The van der Waals surface area contributed by atoms with Crippen molar-refractivity contribution in [1.29, 1.82) is 0 Å². The van der Waals surface area contributed by atoms with Gasteiger partial charge in [-0.15, -0.1) is 0 Å². The van der Waals surface area contributed by atoms with E-state index in [4.69, 9.17) is 10.5 Å². The first-order valence-corrected chi connectivity index (χ1v) is 9.23. The molecule has 0 spiro atoms. The number of ether oxygens (including phenoxy) is 1. The summed E-state index contributed by atoms with van der Waals surface area (Å²) in [5, 5.41) is 3.00. The number of nitrogens with zero attached hydrogens (tertiary/aromatic N) is 1. The number of carbonyl (C=O) groups is 2. The molecule has 142 valence electrons. The van der Waals surface area contributed by atoms with E-state index in [-0.39, 0.29) is 29.6 Å². The van der Waals surface area contributed by atoms with E-state index in [2.05, 4.69) is 17.4 Å². The molecule has 6 nitrogen and oxygen atoms in total. The highest BCUT2D eigenvalue weighted by Crippen LogP contribution is 2.63. The van der Waals surface area contributed by atoms with Crippen LogP contribution in [-0.4, -0.2) is 46.7 Å². The summed E-state index contributed by atoms with van der Waals surface area (Å²) in [6.45, 7) is 6.22. The average Bonchev–Trinajstić information content (AvgIpc) is 2.50. The van der Waals surface area contributed by atoms with Crippen molar-refractivity contribution >= 4 is 12.0 Å². The van der Waals surface area contributed by atoms with E-state index in [9.17, 15) is 9.59 Å². The van der Waals surface area contributed by atoms with Crippen molar-refractivity contribution in [2.75, 3.05) is 13.1 Å². The smallest absolute Gasteiger partial charge is 0.408 e. The van der Waals surface area contributed by atoms with Gasteiger partial charge in [-0.1, -0.05) is 30.3 Å². The van der Waals surface area contributed by atoms with Crippen molar-refractivity contribution in [3.05, 3.63) is 35.9 Å². The van der Waals surface area contributed by atoms with Crippen LogP contribution in [-0.2, 0) is 16.0 Å². The lowest BCUT2D eigenvalue weighted by atomic mass is 9.43. The number of benzene rings is 1. The topological polar surface area (TPSA) is 84.7 Å². The van der Waals surface area contributed by atoms with Crippen molar-refractivity contribution in [3.8, 4) is 0 Å². The largest absolute Gasteiger partial charge is 0.444 e. The van der Waals surface area contributed by atoms with Gasteiger partial charge in [0.1, 0.15) is 5.60 Å². The van der Waals surface area contributed by atoms with Crippen LogP contribution < -0.4 is 11.1 Å². The molecule has 1 aromatic carbocycles. The zero-order chi connectivity index (χ0) is 19.0. The summed E-state index contributed by atoms with van der Waals surface area (Å²) >= 11 is 0. The second-order valence-corrected chi connectivity index (χ2v) is 8.65. The van der Waals surface area contributed by atoms with Crippen LogP contribution in [0.3, 0.4) is 0 Å². The summed E-state index contributed by atoms with van der Waals surface area (Å²) in [5.74, 6) is -0.0218. The molecule has 26 heavy (non-hydrogen) atoms. The van der Waals surface area contributed by atoms with Gasteiger partial charge in [0, 0.05) is 12.1 Å². The maximum Gasteiger partial charge on any atom is 0.408 e. The maximum atomic E-state index is 12.4. The van der Waals surface area contributed by atoms with E-state index in [1.165, 1.54) is 5.56 Å². The van der Waals surface area contributed by atoms with E-state index >= 15 is 0 Å². The number of carbonyl (C=O) groups excluding carboxylic acids is 2. The molecular formula is C20H29N3O3. The Morgan fingerprint density at radius 3 is 2.35 bits per heavy atom. The molecule has 0 radical (unpaired) electrons. The van der Waals surface area contributed by atoms with Crippen LogP contribution in [0.25, 0.3) is 0 Å². The first kappa shape index (κ1) is 18.7. The van der Waals surface area contributed by atoms with Gasteiger partial charge >= 0.3 is 6.09 Å². The summed E-state index contributed by atoms with van der Waals surface area (Å²) < 4.78 is 5.35. The van der Waals surface area contributed by atoms with Crippen molar-refractivity contribution in [2.24, 2.45) is 5.73 Å². The third-order valence-electron chi connectivity index (χ3n) is 5.28. The summed E-state index contributed by atoms with van der Waals surface area (Å²) in [6.07, 6.45) is 2.76. The monoisotopic (exact) mass is 359 g/mol. The molecule has 3 saturated carbocycles. The van der Waals surface area contributed by atoms with Gasteiger partial charge in [-0.2, -0.15) is 0 Å². The zero-order valence-electron chi connectivity index (χ0n) is 15.9. The van der Waals surface area contributed by atoms with Crippen LogP contribution in [0.2, 0.25) is 0 Å². The lowest BCUT2D eigenvalue weighted by molar-refractivity contribution is -0.187. The fraction of sp³-hybridized carbons (Fsp3) is 0.600. The van der Waals surface area contributed by atoms with E-state index < -0.39 is 5.60 Å². The molecule has 0 unspecified atom stereocenters. The van der Waals surface area contributed by atoms with Crippen LogP contribution in [0, 0.1) is 0 Å². The Labute approximate surface area is 155 Å². The normalized spacial score (nSPS) is 26.3. The van der Waals surface area contributed by atoms with Gasteiger partial charge in [-0.05, 0) is 52.0 Å². The van der Waals surface area contributed by atoms with Crippen molar-refractivity contribution in [1.82, 2.24) is 10.2 Å². The quantitative estimate of drug-likeness (QED) is 0.816. The number of hydrogen-bond acceptors (Lipinski definition) is 4. The molecule has 3 aliphatic carbocycles. The average molecular weight is 359 g/mol. The van der Waals surface area contributed by atoms with E-state index in [0.717, 1.165) is 25.7 Å². The van der Waals surface area contributed by atoms with E-state index in [1.807, 2.05) is 43.9 Å². The Morgan fingerprint density at radius 1 is 1.19 bits per heavy atom. The Morgan fingerprint density at radius 2 is 1.81 bits per heavy atom. The second kappa shape index (κ2) is 6.58. The number of nitrogens with one attached hydrogen (secondary N) is 1. The molecule has 2 amide bonds. The fourth-order valence-corrected chi connectivity index (χ4v) is 4.30. The van der Waals surface area contributed by atoms with Crippen LogP contribution >= 0.6 is 0 Å². The van der Waals surface area contributed by atoms with Crippen molar-refractivity contribution < 1.29 is 14.3 Å². The summed E-state index contributed by atoms with van der Waals surface area (Å²) in [6, 6.07) is 10.1. The minimum atomic E-state index is -0.511. The molecule has 3 N–H and O–H groups in total. The first-order chi connectivity index (χ1) is 12.2. The van der Waals surface area contributed by atoms with E-state index in [1.54, 1.807) is 0 Å². The predicted octanol–water partition coefficient (Wildman–Crippen LogP) is 2.22. The number of amides is 2. The third-order valence-corrected chi connectivity index (χ3v) is 5.28. The third kappa shape index (κ3) is 3.70. The molecule has 0 heterocycles. The van der Waals surface area contributed by atoms with Gasteiger partial charge in [0.15, 0.2) is 0 Å². The fourth-order valence-electron chi connectivity index (χ4n) is 4.30. The highest BCUT2D eigenvalue weighted by atomic mass is 16.6. The standard InChI is InChI=1S/C20H29N3O3/c1-18(2,3)26-17(25)22-19-12-20(13-19,14-19)23(16(24)11-21)10-9-15-7-5-4-6-8-15/h4-8H,9-14,21H2,1-3H3,(H,22,25). The number of alkyl carbamates (subject to hydrolysis) is 1. The molecule has 2 bridgehead atoms. The van der Waals surface area contributed by atoms with Gasteiger partial charge in [0.05, 0.1) is 12.1 Å². The molecule has 0 atom stereocenters. The van der Waals surface area contributed by atoms with Crippen molar-refractivity contribution in [2.45, 2.75) is 63.1 Å². The van der Waals surface area contributed by atoms with Crippen LogP contribution in [0.5, 0.6) is 0 Å². The molecule has 0 aromatic heterocycles. The van der Waals surface area contributed by atoms with Gasteiger partial charge < -0.3 is 20.7 Å². The highest BCUT2D eigenvalue weighted by Gasteiger charge is 2.71. The number of rotatable bonds is 6. The van der Waals surface area contributed by atoms with Gasteiger partial charge in [-0.3, -0.25) is 4.79 Å². The van der Waals surface area contributed by atoms with Crippen LogP contribution in [0.4, 0.5) is 4.79 Å². The second-order valence-electron chi connectivity index (χ2n) is 8.65. The van der Waals surface area contributed by atoms with Gasteiger partial charge in [0.2, 0.25) is 5.91 Å². The molecule has 0 saturated heterocycles. The Balaban J connectivity index is 1.57. The molecule has 1 aromatic rings. The number of hydrogen-bond donors (Lipinski definition) is 2.